The number of nitrogens with two attached hydrogens (primary N) is 3. The van der Waals surface area contributed by atoms with Gasteiger partial charge in [0.05, 0.1) is 17.3 Å². The van der Waals surface area contributed by atoms with Crippen molar-refractivity contribution in [1.29, 1.82) is 0 Å². The van der Waals surface area contributed by atoms with E-state index in [1.807, 2.05) is 43.3 Å². The van der Waals surface area contributed by atoms with Gasteiger partial charge in [-0.1, -0.05) is 23.7 Å². The number of rotatable bonds is 14. The second kappa shape index (κ2) is 14.5. The fraction of sp³-hybridized carbons (Fsp3) is 0.400. The van der Waals surface area contributed by atoms with Crippen LogP contribution in [0.3, 0.4) is 0 Å². The molecule has 2 aromatic rings. The van der Waals surface area contributed by atoms with Crippen molar-refractivity contribution in [3.05, 3.63) is 81.8 Å². The predicted molar refractivity (Wildman–Crippen MR) is 166 cm³/mol. The van der Waals surface area contributed by atoms with Crippen LogP contribution in [0, 0.1) is 5.82 Å². The zero-order valence-corrected chi connectivity index (χ0v) is 24.8. The predicted octanol–water partition coefficient (Wildman–Crippen LogP) is 3.30. The lowest BCUT2D eigenvalue weighted by Crippen LogP contribution is -2.51. The average Bonchev–Trinajstić information content (AvgIpc) is 3.35. The molecule has 2 aliphatic rings. The van der Waals surface area contributed by atoms with Crippen LogP contribution in [0.5, 0.6) is 0 Å². The van der Waals surface area contributed by atoms with E-state index in [1.165, 1.54) is 0 Å². The minimum atomic E-state index is -0.498. The van der Waals surface area contributed by atoms with Crippen molar-refractivity contribution in [2.24, 2.45) is 22.2 Å². The standard InChI is InChI=1S/C30H40ClFN8O2/c1-18(33)4-3-5-20-12-24(27(32)25(31)13-20)26-14-21-16-40(30(41)39-28(21)38-26)23-8-6-19(7-9-23)15-37-22(17-42-2)10-11-36-29(34)35/h6-9,12-14,16,18,22,28,37-38H,3-5,10-11,15,17,33H2,1-2H3,(H,39,41)(H4,34,35,36). The van der Waals surface area contributed by atoms with E-state index in [0.717, 1.165) is 42.4 Å². The number of halogens is 2. The molecule has 0 fully saturated rings. The molecule has 0 saturated carbocycles. The number of aryl methyl sites for hydroxylation is 1. The Morgan fingerprint density at radius 3 is 2.64 bits per heavy atom. The Morgan fingerprint density at radius 2 is 1.95 bits per heavy atom. The van der Waals surface area contributed by atoms with Gasteiger partial charge in [-0.05, 0) is 74.1 Å². The van der Waals surface area contributed by atoms with E-state index in [0.29, 0.717) is 36.6 Å². The van der Waals surface area contributed by atoms with Crippen LogP contribution in [-0.2, 0) is 17.7 Å². The summed E-state index contributed by atoms with van der Waals surface area (Å²) in [4.78, 5) is 18.6. The van der Waals surface area contributed by atoms with Crippen molar-refractivity contribution in [1.82, 2.24) is 16.0 Å². The summed E-state index contributed by atoms with van der Waals surface area (Å²) in [6.45, 7) is 3.61. The number of hydrogen-bond acceptors (Lipinski definition) is 6. The van der Waals surface area contributed by atoms with Crippen LogP contribution in [0.2, 0.25) is 5.02 Å². The van der Waals surface area contributed by atoms with Gasteiger partial charge in [0.1, 0.15) is 6.17 Å². The molecule has 2 amide bonds. The van der Waals surface area contributed by atoms with Crippen molar-refractivity contribution in [2.75, 3.05) is 25.2 Å². The van der Waals surface area contributed by atoms with Crippen molar-refractivity contribution in [3.8, 4) is 0 Å². The maximum Gasteiger partial charge on any atom is 0.327 e. The third kappa shape index (κ3) is 8.22. The van der Waals surface area contributed by atoms with Gasteiger partial charge in [-0.15, -0.1) is 0 Å². The Hall–Kier alpha value is -3.64. The summed E-state index contributed by atoms with van der Waals surface area (Å²) in [6.07, 6.45) is 6.36. The van der Waals surface area contributed by atoms with Crippen LogP contribution >= 0.6 is 11.6 Å². The summed E-state index contributed by atoms with van der Waals surface area (Å²) in [5.74, 6) is -0.429. The minimum absolute atomic E-state index is 0.0670. The van der Waals surface area contributed by atoms with Crippen LogP contribution in [-0.4, -0.2) is 50.5 Å². The minimum Gasteiger partial charge on any atom is -0.383 e. The number of nitrogens with one attached hydrogen (secondary N) is 3. The summed E-state index contributed by atoms with van der Waals surface area (Å²) in [5, 5.41) is 9.70. The number of fused-ring (bicyclic) bond motifs is 1. The van der Waals surface area contributed by atoms with E-state index in [2.05, 4.69) is 20.9 Å². The number of ether oxygens (including phenoxy) is 1. The van der Waals surface area contributed by atoms with Crippen molar-refractivity contribution < 1.29 is 13.9 Å². The Labute approximate surface area is 251 Å². The van der Waals surface area contributed by atoms with E-state index >= 15 is 4.39 Å². The molecule has 0 radical (unpaired) electrons. The number of amides is 2. The summed E-state index contributed by atoms with van der Waals surface area (Å²) in [6, 6.07) is 11.1. The summed E-state index contributed by atoms with van der Waals surface area (Å²) >= 11 is 6.25. The molecule has 0 spiro atoms. The molecular weight excluding hydrogens is 559 g/mol. The topological polar surface area (TPSA) is 156 Å². The third-order valence-corrected chi connectivity index (χ3v) is 7.44. The molecule has 42 heavy (non-hydrogen) atoms. The normalized spacial score (nSPS) is 17.5. The molecule has 2 heterocycles. The zero-order chi connectivity index (χ0) is 30.2. The Balaban J connectivity index is 1.44. The molecule has 0 aliphatic carbocycles. The molecule has 9 N–H and O–H groups in total. The molecule has 3 atom stereocenters. The van der Waals surface area contributed by atoms with Gasteiger partial charge in [0.15, 0.2) is 11.8 Å². The molecule has 10 nitrogen and oxygen atoms in total. The molecule has 12 heteroatoms. The maximum atomic E-state index is 15.1. The lowest BCUT2D eigenvalue weighted by molar-refractivity contribution is 0.162. The van der Waals surface area contributed by atoms with Gasteiger partial charge in [0, 0.05) is 55.3 Å². The van der Waals surface area contributed by atoms with Gasteiger partial charge >= 0.3 is 6.03 Å². The fourth-order valence-electron chi connectivity index (χ4n) is 4.96. The highest BCUT2D eigenvalue weighted by atomic mass is 35.5. The first-order chi connectivity index (χ1) is 20.1. The highest BCUT2D eigenvalue weighted by Gasteiger charge is 2.32. The molecule has 2 aliphatic heterocycles. The van der Waals surface area contributed by atoms with Crippen LogP contribution in [0.15, 0.2) is 59.2 Å². The maximum absolute atomic E-state index is 15.1. The van der Waals surface area contributed by atoms with Gasteiger partial charge in [-0.25, -0.2) is 9.18 Å². The third-order valence-electron chi connectivity index (χ3n) is 7.16. The molecule has 4 rings (SSSR count). The van der Waals surface area contributed by atoms with E-state index in [-0.39, 0.29) is 29.1 Å². The molecule has 0 saturated heterocycles. The Bertz CT molecular complexity index is 1340. The lowest BCUT2D eigenvalue weighted by Gasteiger charge is -2.29. The molecule has 2 aromatic carbocycles. The van der Waals surface area contributed by atoms with Gasteiger partial charge in [0.25, 0.3) is 0 Å². The number of benzene rings is 2. The number of hydrogen-bond donors (Lipinski definition) is 6. The smallest absolute Gasteiger partial charge is 0.327 e. The van der Waals surface area contributed by atoms with Crippen molar-refractivity contribution in [3.63, 3.8) is 0 Å². The largest absolute Gasteiger partial charge is 0.383 e. The SMILES string of the molecule is COCC(CCN=C(N)N)NCc1ccc(N2C=C3C=C(c4cc(CCCC(C)N)cc(Cl)c4F)NC3NC2=O)cc1. The number of carbonyl (C=O) groups excluding carboxylic acids is 1. The highest BCUT2D eigenvalue weighted by molar-refractivity contribution is 6.31. The lowest BCUT2D eigenvalue weighted by atomic mass is 10.0. The molecule has 3 unspecified atom stereocenters. The van der Waals surface area contributed by atoms with Gasteiger partial charge in [-0.3, -0.25) is 9.89 Å². The molecular formula is C30H40ClFN8O2. The quantitative estimate of drug-likeness (QED) is 0.144. The monoisotopic (exact) mass is 598 g/mol. The summed E-state index contributed by atoms with van der Waals surface area (Å²) in [7, 11) is 1.65. The van der Waals surface area contributed by atoms with Gasteiger partial charge in [-0.2, -0.15) is 0 Å². The first-order valence-electron chi connectivity index (χ1n) is 14.0. The Kier molecular flexibility index (Phi) is 10.8. The first-order valence-corrected chi connectivity index (χ1v) is 14.4. The molecule has 226 valence electrons. The van der Waals surface area contributed by atoms with E-state index in [4.69, 9.17) is 33.5 Å². The van der Waals surface area contributed by atoms with Crippen LogP contribution in [0.25, 0.3) is 5.70 Å². The second-order valence-electron chi connectivity index (χ2n) is 10.7. The summed E-state index contributed by atoms with van der Waals surface area (Å²) in [5.41, 5.74) is 21.1. The van der Waals surface area contributed by atoms with Crippen molar-refractivity contribution in [2.45, 2.75) is 57.4 Å². The first kappa shape index (κ1) is 31.3. The van der Waals surface area contributed by atoms with Gasteiger partial charge < -0.3 is 37.9 Å². The number of carbonyl (C=O) groups is 1. The molecule has 0 bridgehead atoms. The zero-order valence-electron chi connectivity index (χ0n) is 24.0. The number of aliphatic imine (C=N–C) groups is 1. The highest BCUT2D eigenvalue weighted by Crippen LogP contribution is 2.32. The second-order valence-corrected chi connectivity index (χ2v) is 11.1. The van der Waals surface area contributed by atoms with Gasteiger partial charge in [0.2, 0.25) is 0 Å². The van der Waals surface area contributed by atoms with E-state index < -0.39 is 12.0 Å². The van der Waals surface area contributed by atoms with E-state index in [9.17, 15) is 4.79 Å². The number of guanidine groups is 1. The fourth-order valence-corrected chi connectivity index (χ4v) is 5.20. The number of methoxy groups -OCH3 is 1. The van der Waals surface area contributed by atoms with Crippen LogP contribution in [0.1, 0.15) is 42.9 Å². The van der Waals surface area contributed by atoms with Crippen molar-refractivity contribution >= 4 is 35.0 Å². The Morgan fingerprint density at radius 1 is 1.19 bits per heavy atom. The average molecular weight is 599 g/mol. The summed E-state index contributed by atoms with van der Waals surface area (Å²) < 4.78 is 20.4. The number of anilines is 1. The van der Waals surface area contributed by atoms with E-state index in [1.54, 1.807) is 24.3 Å². The van der Waals surface area contributed by atoms with Crippen LogP contribution in [0.4, 0.5) is 14.9 Å². The van der Waals surface area contributed by atoms with Crippen LogP contribution < -0.4 is 38.1 Å². The number of nitrogens with zero attached hydrogens (tertiary/aromatic N) is 2. The molecule has 0 aromatic heterocycles. The number of urea groups is 1.